The Labute approximate surface area is 143 Å². The molecule has 0 saturated carbocycles. The van der Waals surface area contributed by atoms with Gasteiger partial charge in [0.15, 0.2) is 9.84 Å². The molecule has 0 aliphatic heterocycles. The minimum absolute atomic E-state index is 0.0545. The fourth-order valence-electron chi connectivity index (χ4n) is 2.09. The van der Waals surface area contributed by atoms with E-state index in [9.17, 15) is 23.3 Å². The molecule has 0 saturated heterocycles. The lowest BCUT2D eigenvalue weighted by molar-refractivity contribution is -0.385. The molecule has 0 atom stereocenters. The van der Waals surface area contributed by atoms with Crippen molar-refractivity contribution in [2.45, 2.75) is 17.1 Å². The van der Waals surface area contributed by atoms with Crippen molar-refractivity contribution in [3.63, 3.8) is 0 Å². The molecule has 0 bridgehead atoms. The largest absolute Gasteiger partial charge is 0.325 e. The van der Waals surface area contributed by atoms with Crippen LogP contribution in [-0.4, -0.2) is 19.2 Å². The van der Waals surface area contributed by atoms with E-state index in [1.165, 1.54) is 0 Å². The molecule has 0 fully saturated rings. The lowest BCUT2D eigenvalue weighted by Gasteiger charge is -2.08. The minimum atomic E-state index is -3.86. The highest BCUT2D eigenvalue weighted by Gasteiger charge is 2.21. The minimum Gasteiger partial charge on any atom is -0.325 e. The number of nitro groups is 1. The van der Waals surface area contributed by atoms with Crippen molar-refractivity contribution in [2.75, 3.05) is 5.32 Å². The van der Waals surface area contributed by atoms with Crippen molar-refractivity contribution >= 4 is 27.1 Å². The molecule has 9 heteroatoms. The third-order valence-corrected chi connectivity index (χ3v) is 4.85. The quantitative estimate of drug-likeness (QED) is 0.622. The predicted molar refractivity (Wildman–Crippen MR) is 89.3 cm³/mol. The van der Waals surface area contributed by atoms with Crippen LogP contribution in [0.25, 0.3) is 0 Å². The first-order valence-corrected chi connectivity index (χ1v) is 8.70. The first kappa shape index (κ1) is 18.1. The first-order chi connectivity index (χ1) is 11.8. The van der Waals surface area contributed by atoms with Crippen LogP contribution < -0.4 is 5.32 Å². The van der Waals surface area contributed by atoms with E-state index in [1.54, 1.807) is 36.4 Å². The number of carbonyl (C=O) groups excluding carboxylic acids is 1. The number of benzene rings is 2. The summed E-state index contributed by atoms with van der Waals surface area (Å²) in [5, 5.41) is 21.8. The summed E-state index contributed by atoms with van der Waals surface area (Å²) in [6, 6.07) is 13.1. The van der Waals surface area contributed by atoms with Gasteiger partial charge in [0.1, 0.15) is 6.42 Å². The van der Waals surface area contributed by atoms with Crippen LogP contribution in [0.15, 0.2) is 53.4 Å². The lowest BCUT2D eigenvalue weighted by atomic mass is 10.2. The average Bonchev–Trinajstić information content (AvgIpc) is 2.55. The Hall–Kier alpha value is -3.25. The number of nitro benzene ring substituents is 1. The third kappa shape index (κ3) is 4.86. The predicted octanol–water partition coefficient (Wildman–Crippen LogP) is 2.42. The maximum atomic E-state index is 12.6. The summed E-state index contributed by atoms with van der Waals surface area (Å²) in [5.41, 5.74) is 0.00607. The summed E-state index contributed by atoms with van der Waals surface area (Å²) in [4.78, 5) is 21.5. The smallest absolute Gasteiger partial charge is 0.272 e. The standard InChI is InChI=1S/C16H13N3O5S/c17-7-6-16(20)18-13-8-14(19(21)22)10-15(9-13)25(23,24)11-12-4-2-1-3-5-12/h1-5,8-10H,6,11H2,(H,18,20). The fourth-order valence-corrected chi connectivity index (χ4v) is 3.50. The van der Waals surface area contributed by atoms with Gasteiger partial charge in [0.05, 0.1) is 21.6 Å². The molecule has 128 valence electrons. The van der Waals surface area contributed by atoms with Crippen molar-refractivity contribution in [3.05, 3.63) is 64.2 Å². The van der Waals surface area contributed by atoms with Gasteiger partial charge in [0, 0.05) is 17.8 Å². The van der Waals surface area contributed by atoms with E-state index in [0.29, 0.717) is 5.56 Å². The van der Waals surface area contributed by atoms with Crippen LogP contribution in [0, 0.1) is 21.4 Å². The number of rotatable bonds is 6. The average molecular weight is 359 g/mol. The summed E-state index contributed by atoms with van der Waals surface area (Å²) >= 11 is 0. The molecule has 0 spiro atoms. The zero-order chi connectivity index (χ0) is 18.4. The van der Waals surface area contributed by atoms with E-state index in [1.807, 2.05) is 0 Å². The van der Waals surface area contributed by atoms with Crippen molar-refractivity contribution in [1.82, 2.24) is 0 Å². The van der Waals surface area contributed by atoms with Crippen LogP contribution in [0.2, 0.25) is 0 Å². The molecule has 0 aliphatic carbocycles. The van der Waals surface area contributed by atoms with Gasteiger partial charge in [-0.15, -0.1) is 0 Å². The van der Waals surface area contributed by atoms with Crippen molar-refractivity contribution in [1.29, 1.82) is 5.26 Å². The molecule has 2 rings (SSSR count). The van der Waals surface area contributed by atoms with Gasteiger partial charge >= 0.3 is 0 Å². The fraction of sp³-hybridized carbons (Fsp3) is 0.125. The number of nitriles is 1. The Kier molecular flexibility index (Phi) is 5.46. The second-order valence-corrected chi connectivity index (χ2v) is 7.09. The van der Waals surface area contributed by atoms with Gasteiger partial charge in [0.25, 0.3) is 5.69 Å². The van der Waals surface area contributed by atoms with Crippen LogP contribution >= 0.6 is 0 Å². The number of anilines is 1. The number of nitrogens with zero attached hydrogens (tertiary/aromatic N) is 2. The Morgan fingerprint density at radius 1 is 1.20 bits per heavy atom. The Balaban J connectivity index is 2.42. The van der Waals surface area contributed by atoms with Crippen LogP contribution in [0.1, 0.15) is 12.0 Å². The topological polar surface area (TPSA) is 130 Å². The van der Waals surface area contributed by atoms with Crippen LogP contribution in [0.5, 0.6) is 0 Å². The molecule has 1 amide bonds. The van der Waals surface area contributed by atoms with E-state index < -0.39 is 32.8 Å². The molecule has 25 heavy (non-hydrogen) atoms. The summed E-state index contributed by atoms with van der Waals surface area (Å²) in [6.45, 7) is 0. The number of carbonyl (C=O) groups is 1. The van der Waals surface area contributed by atoms with Gasteiger partial charge in [-0.1, -0.05) is 30.3 Å². The summed E-state index contributed by atoms with van der Waals surface area (Å²) in [5.74, 6) is -1.02. The molecule has 0 unspecified atom stereocenters. The second kappa shape index (κ2) is 7.55. The normalized spacial score (nSPS) is 10.7. The molecule has 8 nitrogen and oxygen atoms in total. The first-order valence-electron chi connectivity index (χ1n) is 7.05. The summed E-state index contributed by atoms with van der Waals surface area (Å²) < 4.78 is 25.1. The SMILES string of the molecule is N#CCC(=O)Nc1cc([N+](=O)[O-])cc(S(=O)(=O)Cc2ccccc2)c1. The maximum Gasteiger partial charge on any atom is 0.272 e. The van der Waals surface area contributed by atoms with Gasteiger partial charge in [-0.3, -0.25) is 14.9 Å². The van der Waals surface area contributed by atoms with Crippen LogP contribution in [0.4, 0.5) is 11.4 Å². The van der Waals surface area contributed by atoms with E-state index >= 15 is 0 Å². The molecular weight excluding hydrogens is 346 g/mol. The number of sulfone groups is 1. The Morgan fingerprint density at radius 3 is 2.48 bits per heavy atom. The highest BCUT2D eigenvalue weighted by molar-refractivity contribution is 7.90. The zero-order valence-electron chi connectivity index (χ0n) is 12.9. The summed E-state index contributed by atoms with van der Waals surface area (Å²) in [7, 11) is -3.86. The Bertz CT molecular complexity index is 949. The molecule has 0 heterocycles. The van der Waals surface area contributed by atoms with E-state index in [-0.39, 0.29) is 16.3 Å². The highest BCUT2D eigenvalue weighted by Crippen LogP contribution is 2.26. The van der Waals surface area contributed by atoms with E-state index in [0.717, 1.165) is 18.2 Å². The van der Waals surface area contributed by atoms with Gasteiger partial charge in [0.2, 0.25) is 5.91 Å². The molecule has 0 aromatic heterocycles. The molecule has 2 aromatic carbocycles. The van der Waals surface area contributed by atoms with Crippen molar-refractivity contribution in [3.8, 4) is 6.07 Å². The molecular formula is C16H13N3O5S. The highest BCUT2D eigenvalue weighted by atomic mass is 32.2. The van der Waals surface area contributed by atoms with Gasteiger partial charge in [-0.05, 0) is 11.6 Å². The number of nitrogens with one attached hydrogen (secondary N) is 1. The third-order valence-electron chi connectivity index (χ3n) is 3.18. The van der Waals surface area contributed by atoms with Crippen LogP contribution in [-0.2, 0) is 20.4 Å². The summed E-state index contributed by atoms with van der Waals surface area (Å²) in [6.07, 6.45) is -0.450. The van der Waals surface area contributed by atoms with Gasteiger partial charge < -0.3 is 5.32 Å². The Morgan fingerprint density at radius 2 is 1.88 bits per heavy atom. The second-order valence-electron chi connectivity index (χ2n) is 5.10. The molecule has 0 aliphatic rings. The van der Waals surface area contributed by atoms with Gasteiger partial charge in [-0.2, -0.15) is 5.26 Å². The zero-order valence-corrected chi connectivity index (χ0v) is 13.7. The number of amides is 1. The monoisotopic (exact) mass is 359 g/mol. The molecule has 0 radical (unpaired) electrons. The molecule has 1 N–H and O–H groups in total. The maximum absolute atomic E-state index is 12.6. The van der Waals surface area contributed by atoms with Crippen LogP contribution in [0.3, 0.4) is 0 Å². The van der Waals surface area contributed by atoms with Gasteiger partial charge in [-0.25, -0.2) is 8.42 Å². The van der Waals surface area contributed by atoms with E-state index in [2.05, 4.69) is 5.32 Å². The number of hydrogen-bond donors (Lipinski definition) is 1. The van der Waals surface area contributed by atoms with E-state index in [4.69, 9.17) is 5.26 Å². The molecule has 2 aromatic rings. The number of non-ortho nitro benzene ring substituents is 1. The number of hydrogen-bond acceptors (Lipinski definition) is 6. The lowest BCUT2D eigenvalue weighted by Crippen LogP contribution is -2.12. The van der Waals surface area contributed by atoms with Crippen molar-refractivity contribution < 1.29 is 18.1 Å². The van der Waals surface area contributed by atoms with Crippen molar-refractivity contribution in [2.24, 2.45) is 0 Å².